The zero-order chi connectivity index (χ0) is 13.8. The summed E-state index contributed by atoms with van der Waals surface area (Å²) in [6, 6.07) is 7.35. The van der Waals surface area contributed by atoms with E-state index in [9.17, 15) is 13.2 Å². The van der Waals surface area contributed by atoms with Gasteiger partial charge in [-0.3, -0.25) is 4.79 Å². The van der Waals surface area contributed by atoms with Crippen molar-refractivity contribution in [2.24, 2.45) is 5.92 Å². The second-order valence-corrected chi connectivity index (χ2v) is 6.80. The fourth-order valence-corrected chi connectivity index (χ4v) is 3.26. The van der Waals surface area contributed by atoms with Crippen LogP contribution in [0.1, 0.15) is 31.4 Å². The molecule has 0 amide bonds. The number of hydrogen-bond acceptors (Lipinski definition) is 3. The van der Waals surface area contributed by atoms with Gasteiger partial charge in [-0.25, -0.2) is 8.42 Å². The fraction of sp³-hybridized carbons (Fsp3) is 0.500. The fourth-order valence-electron chi connectivity index (χ4n) is 1.65. The van der Waals surface area contributed by atoms with Crippen molar-refractivity contribution in [1.82, 2.24) is 0 Å². The highest BCUT2D eigenvalue weighted by atomic mass is 32.2. The third-order valence-corrected chi connectivity index (χ3v) is 4.64. The molecule has 0 N–H and O–H groups in total. The van der Waals surface area contributed by atoms with Crippen molar-refractivity contribution >= 4 is 15.6 Å². The van der Waals surface area contributed by atoms with Gasteiger partial charge in [0.1, 0.15) is 5.75 Å². The molecule has 3 nitrogen and oxygen atoms in total. The van der Waals surface area contributed by atoms with E-state index in [0.717, 1.165) is 11.1 Å². The Kier molecular flexibility index (Phi) is 5.08. The van der Waals surface area contributed by atoms with Crippen molar-refractivity contribution in [3.05, 3.63) is 35.4 Å². The maximum absolute atomic E-state index is 12.0. The second kappa shape index (κ2) is 6.14. The number of Topliss-reactive ketones (excluding diaryl/α,β-unsaturated/α-hetero) is 1. The molecule has 1 atom stereocenters. The van der Waals surface area contributed by atoms with Crippen LogP contribution >= 0.6 is 0 Å². The predicted molar refractivity (Wildman–Crippen MR) is 73.1 cm³/mol. The SMILES string of the molecule is CCC(C)C(=O)CS(=O)(=O)Cc1ccccc1C. The first-order valence-corrected chi connectivity index (χ1v) is 7.95. The molecule has 0 bridgehead atoms. The van der Waals surface area contributed by atoms with Crippen molar-refractivity contribution in [1.29, 1.82) is 0 Å². The van der Waals surface area contributed by atoms with E-state index in [2.05, 4.69) is 0 Å². The Morgan fingerprint density at radius 1 is 1.28 bits per heavy atom. The van der Waals surface area contributed by atoms with E-state index in [1.54, 1.807) is 13.0 Å². The van der Waals surface area contributed by atoms with Crippen LogP contribution in [0.2, 0.25) is 0 Å². The highest BCUT2D eigenvalue weighted by Crippen LogP contribution is 2.13. The topological polar surface area (TPSA) is 51.2 Å². The molecule has 0 spiro atoms. The summed E-state index contributed by atoms with van der Waals surface area (Å²) in [6.07, 6.45) is 0.679. The standard InChI is InChI=1S/C14H20O3S/c1-4-11(2)14(15)10-18(16,17)9-13-8-6-5-7-12(13)3/h5-8,11H,4,9-10H2,1-3H3. The highest BCUT2D eigenvalue weighted by molar-refractivity contribution is 7.91. The van der Waals surface area contributed by atoms with Gasteiger partial charge in [0.05, 0.1) is 5.75 Å². The van der Waals surface area contributed by atoms with E-state index in [1.165, 1.54) is 0 Å². The number of carbonyl (C=O) groups is 1. The Hall–Kier alpha value is -1.16. The van der Waals surface area contributed by atoms with Crippen LogP contribution in [0.3, 0.4) is 0 Å². The number of carbonyl (C=O) groups excluding carboxylic acids is 1. The summed E-state index contributed by atoms with van der Waals surface area (Å²) < 4.78 is 23.9. The number of sulfone groups is 1. The molecule has 0 saturated heterocycles. The largest absolute Gasteiger partial charge is 0.298 e. The summed E-state index contributed by atoms with van der Waals surface area (Å²) in [5, 5.41) is 0. The van der Waals surface area contributed by atoms with Crippen molar-refractivity contribution in [2.45, 2.75) is 32.9 Å². The van der Waals surface area contributed by atoms with Crippen LogP contribution in [0.25, 0.3) is 0 Å². The van der Waals surface area contributed by atoms with Gasteiger partial charge in [0.2, 0.25) is 0 Å². The second-order valence-electron chi connectivity index (χ2n) is 4.73. The summed E-state index contributed by atoms with van der Waals surface area (Å²) in [5.74, 6) is -0.777. The van der Waals surface area contributed by atoms with Crippen LogP contribution < -0.4 is 0 Å². The summed E-state index contributed by atoms with van der Waals surface area (Å²) in [5.41, 5.74) is 1.71. The van der Waals surface area contributed by atoms with Crippen molar-refractivity contribution in [2.75, 3.05) is 5.75 Å². The zero-order valence-electron chi connectivity index (χ0n) is 11.1. The molecule has 4 heteroatoms. The van der Waals surface area contributed by atoms with Gasteiger partial charge >= 0.3 is 0 Å². The Morgan fingerprint density at radius 3 is 2.44 bits per heavy atom. The molecule has 0 radical (unpaired) electrons. The van der Waals surface area contributed by atoms with E-state index in [4.69, 9.17) is 0 Å². The van der Waals surface area contributed by atoms with Gasteiger partial charge in [-0.15, -0.1) is 0 Å². The van der Waals surface area contributed by atoms with Gasteiger partial charge in [-0.05, 0) is 24.5 Å². The number of benzene rings is 1. The quantitative estimate of drug-likeness (QED) is 0.796. The molecule has 1 aromatic rings. The molecule has 0 aliphatic rings. The van der Waals surface area contributed by atoms with Crippen molar-refractivity contribution < 1.29 is 13.2 Å². The summed E-state index contributed by atoms with van der Waals surface area (Å²) in [7, 11) is -3.36. The van der Waals surface area contributed by atoms with Crippen LogP contribution in [0.15, 0.2) is 24.3 Å². The van der Waals surface area contributed by atoms with E-state index in [-0.39, 0.29) is 23.2 Å². The lowest BCUT2D eigenvalue weighted by atomic mass is 10.1. The van der Waals surface area contributed by atoms with E-state index >= 15 is 0 Å². The first kappa shape index (κ1) is 14.9. The minimum atomic E-state index is -3.36. The third kappa shape index (κ3) is 4.26. The smallest absolute Gasteiger partial charge is 0.161 e. The minimum Gasteiger partial charge on any atom is -0.298 e. The Morgan fingerprint density at radius 2 is 1.89 bits per heavy atom. The average molecular weight is 268 g/mol. The van der Waals surface area contributed by atoms with Gasteiger partial charge in [0.15, 0.2) is 15.6 Å². The zero-order valence-corrected chi connectivity index (χ0v) is 12.0. The molecule has 18 heavy (non-hydrogen) atoms. The normalized spacial score (nSPS) is 13.3. The molecular weight excluding hydrogens is 248 g/mol. The van der Waals surface area contributed by atoms with Gasteiger partial charge < -0.3 is 0 Å². The van der Waals surface area contributed by atoms with Crippen molar-refractivity contribution in [3.8, 4) is 0 Å². The molecular formula is C14H20O3S. The molecule has 0 saturated carbocycles. The summed E-state index contributed by atoms with van der Waals surface area (Å²) in [4.78, 5) is 11.7. The summed E-state index contributed by atoms with van der Waals surface area (Å²) >= 11 is 0. The Bertz CT molecular complexity index is 518. The maximum Gasteiger partial charge on any atom is 0.161 e. The average Bonchev–Trinajstić information content (AvgIpc) is 2.30. The van der Waals surface area contributed by atoms with Gasteiger partial charge in [-0.1, -0.05) is 38.1 Å². The van der Waals surface area contributed by atoms with Crippen LogP contribution in [0, 0.1) is 12.8 Å². The predicted octanol–water partition coefficient (Wildman–Crippen LogP) is 2.53. The summed E-state index contributed by atoms with van der Waals surface area (Å²) in [6.45, 7) is 5.53. The van der Waals surface area contributed by atoms with Gasteiger partial charge in [0, 0.05) is 5.92 Å². The van der Waals surface area contributed by atoms with E-state index < -0.39 is 9.84 Å². The van der Waals surface area contributed by atoms with Crippen molar-refractivity contribution in [3.63, 3.8) is 0 Å². The Labute approximate surface area is 109 Å². The molecule has 0 aliphatic carbocycles. The lowest BCUT2D eigenvalue weighted by Gasteiger charge is -2.09. The molecule has 0 aliphatic heterocycles. The highest BCUT2D eigenvalue weighted by Gasteiger charge is 2.21. The molecule has 1 aromatic carbocycles. The third-order valence-electron chi connectivity index (χ3n) is 3.16. The first-order valence-electron chi connectivity index (χ1n) is 6.13. The van der Waals surface area contributed by atoms with E-state index in [0.29, 0.717) is 6.42 Å². The first-order chi connectivity index (χ1) is 8.35. The number of rotatable bonds is 6. The minimum absolute atomic E-state index is 0.0537. The number of ketones is 1. The molecule has 1 rings (SSSR count). The molecule has 0 fully saturated rings. The monoisotopic (exact) mass is 268 g/mol. The lowest BCUT2D eigenvalue weighted by Crippen LogP contribution is -2.23. The maximum atomic E-state index is 12.0. The van der Waals surface area contributed by atoms with Crippen LogP contribution in [0.4, 0.5) is 0 Å². The molecule has 1 unspecified atom stereocenters. The Balaban J connectivity index is 2.78. The van der Waals surface area contributed by atoms with Crippen LogP contribution in [-0.2, 0) is 20.4 Å². The van der Waals surface area contributed by atoms with Gasteiger partial charge in [0.25, 0.3) is 0 Å². The van der Waals surface area contributed by atoms with Crippen LogP contribution in [-0.4, -0.2) is 20.0 Å². The molecule has 100 valence electrons. The van der Waals surface area contributed by atoms with Crippen LogP contribution in [0.5, 0.6) is 0 Å². The van der Waals surface area contributed by atoms with Gasteiger partial charge in [-0.2, -0.15) is 0 Å². The molecule has 0 heterocycles. The van der Waals surface area contributed by atoms with E-state index in [1.807, 2.05) is 32.0 Å². The lowest BCUT2D eigenvalue weighted by molar-refractivity contribution is -0.119. The number of aryl methyl sites for hydroxylation is 1. The molecule has 0 aromatic heterocycles. The number of hydrogen-bond donors (Lipinski definition) is 0.